The van der Waals surface area contributed by atoms with E-state index in [-0.39, 0.29) is 0 Å². The molecule has 1 N–H and O–H groups in total. The summed E-state index contributed by atoms with van der Waals surface area (Å²) in [6, 6.07) is 2.39. The van der Waals surface area contributed by atoms with Crippen LogP contribution in [0.1, 0.15) is 24.3 Å². The lowest BCUT2D eigenvalue weighted by atomic mass is 10.2. The van der Waals surface area contributed by atoms with Crippen molar-refractivity contribution in [2.75, 3.05) is 20.3 Å². The molecule has 2 nitrogen and oxygen atoms in total. The van der Waals surface area contributed by atoms with Gasteiger partial charge in [-0.15, -0.1) is 11.3 Å². The van der Waals surface area contributed by atoms with Crippen LogP contribution in [0, 0.1) is 0 Å². The lowest BCUT2D eigenvalue weighted by Gasteiger charge is -2.16. The van der Waals surface area contributed by atoms with Gasteiger partial charge in [-0.05, 0) is 40.3 Å². The molecule has 0 aliphatic carbocycles. The number of ether oxygens (including phenoxy) is 1. The van der Waals surface area contributed by atoms with E-state index in [1.54, 1.807) is 18.4 Å². The van der Waals surface area contributed by atoms with Crippen LogP contribution in [0.4, 0.5) is 0 Å². The lowest BCUT2D eigenvalue weighted by molar-refractivity contribution is 0.168. The van der Waals surface area contributed by atoms with Gasteiger partial charge in [-0.2, -0.15) is 0 Å². The topological polar surface area (TPSA) is 21.3 Å². The van der Waals surface area contributed by atoms with Gasteiger partial charge in [0, 0.05) is 16.5 Å². The molecule has 4 heteroatoms. The van der Waals surface area contributed by atoms with Gasteiger partial charge in [0.05, 0.1) is 12.6 Å². The van der Waals surface area contributed by atoms with Crippen LogP contribution in [-0.2, 0) is 4.74 Å². The summed E-state index contributed by atoms with van der Waals surface area (Å²) in [6.07, 6.45) is 1.14. The van der Waals surface area contributed by atoms with E-state index in [2.05, 4.69) is 39.6 Å². The highest BCUT2D eigenvalue weighted by Gasteiger charge is 2.14. The fourth-order valence-corrected chi connectivity index (χ4v) is 2.98. The summed E-state index contributed by atoms with van der Waals surface area (Å²) in [5.74, 6) is 0. The van der Waals surface area contributed by atoms with Crippen molar-refractivity contribution in [1.29, 1.82) is 0 Å². The number of halogens is 1. The number of hydrogen-bond acceptors (Lipinski definition) is 3. The van der Waals surface area contributed by atoms with Crippen LogP contribution in [0.2, 0.25) is 0 Å². The van der Waals surface area contributed by atoms with Gasteiger partial charge in [0.25, 0.3) is 0 Å². The summed E-state index contributed by atoms with van der Waals surface area (Å²) < 4.78 is 6.38. The first kappa shape index (κ1) is 12.2. The van der Waals surface area contributed by atoms with Gasteiger partial charge in [-0.25, -0.2) is 0 Å². The van der Waals surface area contributed by atoms with E-state index >= 15 is 0 Å². The number of hydrogen-bond donors (Lipinski definition) is 1. The van der Waals surface area contributed by atoms with E-state index in [1.165, 1.54) is 9.35 Å². The number of rotatable bonds is 6. The molecule has 80 valence electrons. The van der Waals surface area contributed by atoms with Gasteiger partial charge in [-0.1, -0.05) is 6.92 Å². The van der Waals surface area contributed by atoms with Crippen molar-refractivity contribution in [3.8, 4) is 0 Å². The normalized spacial score (nSPS) is 13.1. The Morgan fingerprint density at radius 2 is 2.43 bits per heavy atom. The van der Waals surface area contributed by atoms with Crippen LogP contribution in [0.15, 0.2) is 15.9 Å². The van der Waals surface area contributed by atoms with Gasteiger partial charge in [0.1, 0.15) is 0 Å². The summed E-state index contributed by atoms with van der Waals surface area (Å²) in [5, 5.41) is 5.56. The highest BCUT2D eigenvalue weighted by molar-refractivity contribution is 9.10. The number of thiophene rings is 1. The first-order valence-electron chi connectivity index (χ1n) is 4.74. The van der Waals surface area contributed by atoms with Gasteiger partial charge in [-0.3, -0.25) is 0 Å². The molecule has 14 heavy (non-hydrogen) atoms. The SMILES string of the molecule is CCCNC(COC)c1sccc1Br. The number of methoxy groups -OCH3 is 1. The van der Waals surface area contributed by atoms with Gasteiger partial charge >= 0.3 is 0 Å². The van der Waals surface area contributed by atoms with Crippen molar-refractivity contribution < 1.29 is 4.74 Å². The molecule has 0 fully saturated rings. The predicted octanol–water partition coefficient (Wildman–Crippen LogP) is 3.20. The Kier molecular flexibility index (Phi) is 5.70. The average molecular weight is 278 g/mol. The van der Waals surface area contributed by atoms with E-state index in [9.17, 15) is 0 Å². The zero-order valence-electron chi connectivity index (χ0n) is 8.55. The molecule has 0 saturated heterocycles. The minimum Gasteiger partial charge on any atom is -0.383 e. The standard InChI is InChI=1S/C10H16BrNOS/c1-3-5-12-9(7-13-2)10-8(11)4-6-14-10/h4,6,9,12H,3,5,7H2,1-2H3. The van der Waals surface area contributed by atoms with Crippen molar-refractivity contribution >= 4 is 27.3 Å². The molecule has 1 aromatic heterocycles. The molecule has 1 atom stereocenters. The molecule has 0 radical (unpaired) electrons. The molecular formula is C10H16BrNOS. The molecule has 1 unspecified atom stereocenters. The Bertz CT molecular complexity index is 264. The zero-order valence-corrected chi connectivity index (χ0v) is 11.0. The van der Waals surface area contributed by atoms with Crippen LogP contribution in [0.3, 0.4) is 0 Å². The fourth-order valence-electron chi connectivity index (χ4n) is 1.27. The smallest absolute Gasteiger partial charge is 0.0666 e. The third-order valence-corrected chi connectivity index (χ3v) is 3.92. The Balaban J connectivity index is 2.62. The third-order valence-electron chi connectivity index (χ3n) is 1.94. The zero-order chi connectivity index (χ0) is 10.4. The molecule has 1 rings (SSSR count). The minimum absolute atomic E-state index is 0.314. The van der Waals surface area contributed by atoms with Gasteiger partial charge < -0.3 is 10.1 Å². The number of nitrogens with one attached hydrogen (secondary N) is 1. The third kappa shape index (κ3) is 3.35. The van der Waals surface area contributed by atoms with Crippen LogP contribution >= 0.6 is 27.3 Å². The summed E-state index contributed by atoms with van der Waals surface area (Å²) in [7, 11) is 1.74. The lowest BCUT2D eigenvalue weighted by Crippen LogP contribution is -2.25. The minimum atomic E-state index is 0.314. The predicted molar refractivity (Wildman–Crippen MR) is 64.9 cm³/mol. The molecule has 0 aliphatic rings. The largest absolute Gasteiger partial charge is 0.383 e. The van der Waals surface area contributed by atoms with Crippen molar-refractivity contribution in [2.45, 2.75) is 19.4 Å². The molecule has 1 aromatic rings. The van der Waals surface area contributed by atoms with E-state index in [1.807, 2.05) is 0 Å². The van der Waals surface area contributed by atoms with Crippen molar-refractivity contribution in [2.24, 2.45) is 0 Å². The second-order valence-electron chi connectivity index (χ2n) is 3.09. The van der Waals surface area contributed by atoms with Crippen molar-refractivity contribution in [3.63, 3.8) is 0 Å². The van der Waals surface area contributed by atoms with Crippen molar-refractivity contribution in [1.82, 2.24) is 5.32 Å². The molecule has 0 amide bonds. The van der Waals surface area contributed by atoms with Gasteiger partial charge in [0.2, 0.25) is 0 Å². The Morgan fingerprint density at radius 3 is 2.93 bits per heavy atom. The van der Waals surface area contributed by atoms with E-state index in [0.717, 1.165) is 19.6 Å². The van der Waals surface area contributed by atoms with E-state index < -0.39 is 0 Å². The fraction of sp³-hybridized carbons (Fsp3) is 0.600. The quantitative estimate of drug-likeness (QED) is 0.862. The monoisotopic (exact) mass is 277 g/mol. The van der Waals surface area contributed by atoms with Crippen molar-refractivity contribution in [3.05, 3.63) is 20.8 Å². The highest BCUT2D eigenvalue weighted by atomic mass is 79.9. The second kappa shape index (κ2) is 6.56. The summed E-state index contributed by atoms with van der Waals surface area (Å²) >= 11 is 5.30. The first-order valence-corrected chi connectivity index (χ1v) is 6.42. The maximum absolute atomic E-state index is 5.20. The summed E-state index contributed by atoms with van der Waals surface area (Å²) in [4.78, 5) is 1.32. The maximum atomic E-state index is 5.20. The van der Waals surface area contributed by atoms with Crippen LogP contribution in [-0.4, -0.2) is 20.3 Å². The molecule has 0 aliphatic heterocycles. The van der Waals surface area contributed by atoms with Crippen LogP contribution < -0.4 is 5.32 Å². The molecule has 0 bridgehead atoms. The Morgan fingerprint density at radius 1 is 1.64 bits per heavy atom. The molecule has 0 aromatic carbocycles. The molecule has 0 saturated carbocycles. The molecular weight excluding hydrogens is 262 g/mol. The maximum Gasteiger partial charge on any atom is 0.0666 e. The van der Waals surface area contributed by atoms with Crippen LogP contribution in [0.25, 0.3) is 0 Å². The second-order valence-corrected chi connectivity index (χ2v) is 4.90. The molecule has 1 heterocycles. The summed E-state index contributed by atoms with van der Waals surface area (Å²) in [5.41, 5.74) is 0. The van der Waals surface area contributed by atoms with Crippen LogP contribution in [0.5, 0.6) is 0 Å². The van der Waals surface area contributed by atoms with E-state index in [4.69, 9.17) is 4.74 Å². The van der Waals surface area contributed by atoms with Gasteiger partial charge in [0.15, 0.2) is 0 Å². The Hall–Kier alpha value is 0.100. The van der Waals surface area contributed by atoms with E-state index in [0.29, 0.717) is 6.04 Å². The molecule has 0 spiro atoms. The summed E-state index contributed by atoms with van der Waals surface area (Å²) in [6.45, 7) is 3.91. The highest BCUT2D eigenvalue weighted by Crippen LogP contribution is 2.29. The average Bonchev–Trinajstić information content (AvgIpc) is 2.59. The Labute approximate surface area is 97.8 Å². The first-order chi connectivity index (χ1) is 6.79.